The molecule has 110 valence electrons. The van der Waals surface area contributed by atoms with E-state index in [-0.39, 0.29) is 0 Å². The predicted molar refractivity (Wildman–Crippen MR) is 85.0 cm³/mol. The molecule has 1 aliphatic heterocycles. The Hall–Kier alpha value is -2.59. The van der Waals surface area contributed by atoms with Crippen molar-refractivity contribution in [3.8, 4) is 5.75 Å². The van der Waals surface area contributed by atoms with Gasteiger partial charge in [0.2, 0.25) is 11.9 Å². The number of fused-ring (bicyclic) bond motifs is 1. The van der Waals surface area contributed by atoms with Crippen LogP contribution in [0.5, 0.6) is 5.75 Å². The van der Waals surface area contributed by atoms with E-state index in [9.17, 15) is 9.59 Å². The van der Waals surface area contributed by atoms with Crippen molar-refractivity contribution < 1.29 is 14.3 Å². The maximum Gasteiger partial charge on any atom is 0.273 e. The molecule has 1 N–H and O–H groups in total. The topological polar surface area (TPSA) is 55.4 Å². The molecule has 0 spiro atoms. The van der Waals surface area contributed by atoms with Crippen molar-refractivity contribution in [2.45, 2.75) is 6.10 Å². The fourth-order valence-electron chi connectivity index (χ4n) is 2.08. The zero-order chi connectivity index (χ0) is 15.5. The van der Waals surface area contributed by atoms with Crippen LogP contribution in [-0.2, 0) is 9.59 Å². The van der Waals surface area contributed by atoms with Crippen LogP contribution in [-0.4, -0.2) is 17.8 Å². The molecule has 22 heavy (non-hydrogen) atoms. The number of carbonyl (C=O) groups excluding carboxylic acids is 2. The molecule has 2 aromatic carbocycles. The van der Waals surface area contributed by atoms with E-state index in [1.165, 1.54) is 6.08 Å². The molecular weight excluding hydrogens is 302 g/mol. The van der Waals surface area contributed by atoms with E-state index in [4.69, 9.17) is 16.3 Å². The highest BCUT2D eigenvalue weighted by Crippen LogP contribution is 2.29. The standard InChI is InChI=1S/C17H12ClNO3/c18-12-8-5-11(6-9-12)7-10-14(20)16-17(21)19-13-3-1-2-4-15(13)22-16/h1-10,16H,(H,19,21). The molecule has 0 aromatic heterocycles. The second-order valence-corrected chi connectivity index (χ2v) is 5.21. The third-order valence-corrected chi connectivity index (χ3v) is 3.45. The van der Waals surface area contributed by atoms with Gasteiger partial charge in [-0.3, -0.25) is 9.59 Å². The fraction of sp³-hybridized carbons (Fsp3) is 0.0588. The van der Waals surface area contributed by atoms with Gasteiger partial charge >= 0.3 is 0 Å². The predicted octanol–water partition coefficient (Wildman–Crippen LogP) is 3.32. The summed E-state index contributed by atoms with van der Waals surface area (Å²) in [7, 11) is 0. The van der Waals surface area contributed by atoms with Crippen molar-refractivity contribution in [3.63, 3.8) is 0 Å². The Morgan fingerprint density at radius 2 is 1.86 bits per heavy atom. The third kappa shape index (κ3) is 3.02. The van der Waals surface area contributed by atoms with Crippen molar-refractivity contribution in [2.75, 3.05) is 5.32 Å². The Bertz CT molecular complexity index is 753. The molecule has 5 heteroatoms. The van der Waals surface area contributed by atoms with Gasteiger partial charge in [0.25, 0.3) is 5.91 Å². The summed E-state index contributed by atoms with van der Waals surface area (Å²) in [6, 6.07) is 14.0. The lowest BCUT2D eigenvalue weighted by atomic mass is 10.1. The van der Waals surface area contributed by atoms with Crippen LogP contribution in [0, 0.1) is 0 Å². The number of nitrogens with one attached hydrogen (secondary N) is 1. The summed E-state index contributed by atoms with van der Waals surface area (Å²) in [5.41, 5.74) is 1.38. The molecule has 1 amide bonds. The lowest BCUT2D eigenvalue weighted by Gasteiger charge is -2.23. The lowest BCUT2D eigenvalue weighted by molar-refractivity contribution is -0.132. The van der Waals surface area contributed by atoms with Crippen molar-refractivity contribution >= 4 is 35.1 Å². The first kappa shape index (κ1) is 14.4. The van der Waals surface area contributed by atoms with Crippen LogP contribution in [0.4, 0.5) is 5.69 Å². The number of para-hydroxylation sites is 2. The van der Waals surface area contributed by atoms with Crippen LogP contribution >= 0.6 is 11.6 Å². The summed E-state index contributed by atoms with van der Waals surface area (Å²) in [4.78, 5) is 24.1. The SMILES string of the molecule is O=C(C=Cc1ccc(Cl)cc1)C1Oc2ccccc2NC1=O. The number of hydrogen-bond acceptors (Lipinski definition) is 3. The van der Waals surface area contributed by atoms with Gasteiger partial charge < -0.3 is 10.1 Å². The van der Waals surface area contributed by atoms with Crippen LogP contribution in [0.15, 0.2) is 54.6 Å². The Morgan fingerprint density at radius 3 is 2.64 bits per heavy atom. The van der Waals surface area contributed by atoms with Gasteiger partial charge in [-0.25, -0.2) is 0 Å². The summed E-state index contributed by atoms with van der Waals surface area (Å²) >= 11 is 5.80. The minimum Gasteiger partial charge on any atom is -0.470 e. The summed E-state index contributed by atoms with van der Waals surface area (Å²) in [6.07, 6.45) is 1.79. The van der Waals surface area contributed by atoms with Gasteiger partial charge in [-0.15, -0.1) is 0 Å². The number of benzene rings is 2. The second kappa shape index (κ2) is 6.03. The zero-order valence-electron chi connectivity index (χ0n) is 11.5. The van der Waals surface area contributed by atoms with Gasteiger partial charge in [0.05, 0.1) is 5.69 Å². The molecule has 0 aliphatic carbocycles. The average molecular weight is 314 g/mol. The molecule has 3 rings (SSSR count). The molecule has 0 saturated carbocycles. The zero-order valence-corrected chi connectivity index (χ0v) is 12.2. The molecule has 0 bridgehead atoms. The number of halogens is 1. The summed E-state index contributed by atoms with van der Waals surface area (Å²) in [5.74, 6) is -0.397. The maximum absolute atomic E-state index is 12.2. The monoisotopic (exact) mass is 313 g/mol. The van der Waals surface area contributed by atoms with E-state index in [0.717, 1.165) is 5.56 Å². The van der Waals surface area contributed by atoms with E-state index in [0.29, 0.717) is 16.5 Å². The van der Waals surface area contributed by atoms with Crippen molar-refractivity contribution in [1.29, 1.82) is 0 Å². The number of rotatable bonds is 3. The first-order valence-electron chi connectivity index (χ1n) is 6.67. The van der Waals surface area contributed by atoms with Crippen LogP contribution < -0.4 is 10.1 Å². The first-order valence-corrected chi connectivity index (χ1v) is 7.05. The number of amides is 1. The molecule has 0 fully saturated rings. The maximum atomic E-state index is 12.2. The summed E-state index contributed by atoms with van der Waals surface area (Å²) in [6.45, 7) is 0. The normalized spacial score (nSPS) is 16.8. The Kier molecular flexibility index (Phi) is 3.94. The number of ether oxygens (including phenoxy) is 1. The van der Waals surface area contributed by atoms with E-state index in [2.05, 4.69) is 5.32 Å². The number of ketones is 1. The highest BCUT2D eigenvalue weighted by atomic mass is 35.5. The van der Waals surface area contributed by atoms with Gasteiger partial charge in [-0.2, -0.15) is 0 Å². The average Bonchev–Trinajstić information content (AvgIpc) is 2.53. The molecule has 1 unspecified atom stereocenters. The van der Waals surface area contributed by atoms with Crippen molar-refractivity contribution in [1.82, 2.24) is 0 Å². The minimum absolute atomic E-state index is 0.415. The van der Waals surface area contributed by atoms with Crippen LogP contribution in [0.25, 0.3) is 6.08 Å². The third-order valence-electron chi connectivity index (χ3n) is 3.20. The summed E-state index contributed by atoms with van der Waals surface area (Å²) in [5, 5.41) is 3.28. The van der Waals surface area contributed by atoms with Crippen molar-refractivity contribution in [2.24, 2.45) is 0 Å². The van der Waals surface area contributed by atoms with Gasteiger partial charge in [-0.1, -0.05) is 41.9 Å². The number of carbonyl (C=O) groups is 2. The molecular formula is C17H12ClNO3. The van der Waals surface area contributed by atoms with Gasteiger partial charge in [0.15, 0.2) is 0 Å². The summed E-state index contributed by atoms with van der Waals surface area (Å²) < 4.78 is 5.48. The minimum atomic E-state index is -1.17. The second-order valence-electron chi connectivity index (χ2n) is 4.77. The van der Waals surface area contributed by atoms with E-state index in [1.807, 2.05) is 0 Å². The van der Waals surface area contributed by atoms with Gasteiger partial charge in [0.1, 0.15) is 5.75 Å². The number of hydrogen-bond donors (Lipinski definition) is 1. The van der Waals surface area contributed by atoms with Crippen molar-refractivity contribution in [3.05, 3.63) is 65.2 Å². The molecule has 4 nitrogen and oxygen atoms in total. The van der Waals surface area contributed by atoms with Crippen LogP contribution in [0.1, 0.15) is 5.56 Å². The van der Waals surface area contributed by atoms with E-state index < -0.39 is 17.8 Å². The molecule has 2 aromatic rings. The quantitative estimate of drug-likeness (QED) is 0.698. The molecule has 1 atom stereocenters. The smallest absolute Gasteiger partial charge is 0.273 e. The highest BCUT2D eigenvalue weighted by molar-refractivity contribution is 6.30. The first-order chi connectivity index (χ1) is 10.6. The van der Waals surface area contributed by atoms with E-state index in [1.54, 1.807) is 54.6 Å². The van der Waals surface area contributed by atoms with Gasteiger partial charge in [0, 0.05) is 5.02 Å². The Labute approximate surface area is 132 Å². The Balaban J connectivity index is 1.75. The lowest BCUT2D eigenvalue weighted by Crippen LogP contribution is -2.42. The van der Waals surface area contributed by atoms with Crippen LogP contribution in [0.3, 0.4) is 0 Å². The van der Waals surface area contributed by atoms with E-state index >= 15 is 0 Å². The highest BCUT2D eigenvalue weighted by Gasteiger charge is 2.32. The van der Waals surface area contributed by atoms with Crippen LogP contribution in [0.2, 0.25) is 5.02 Å². The molecule has 1 heterocycles. The molecule has 0 saturated heterocycles. The van der Waals surface area contributed by atoms with Gasteiger partial charge in [-0.05, 0) is 35.9 Å². The fourth-order valence-corrected chi connectivity index (χ4v) is 2.20. The Morgan fingerprint density at radius 1 is 1.14 bits per heavy atom. The number of anilines is 1. The largest absolute Gasteiger partial charge is 0.470 e. The molecule has 1 aliphatic rings. The molecule has 0 radical (unpaired) electrons.